The van der Waals surface area contributed by atoms with E-state index in [1.807, 2.05) is 0 Å². The normalized spacial score (nSPS) is 17.1. The van der Waals surface area contributed by atoms with Crippen LogP contribution in [0.3, 0.4) is 0 Å². The fourth-order valence-electron chi connectivity index (χ4n) is 5.49. The zero-order chi connectivity index (χ0) is 21.2. The molecular weight excluding hydrogens is 376 g/mol. The number of nitrogens with one attached hydrogen (secondary N) is 1. The van der Waals surface area contributed by atoms with Crippen LogP contribution in [0.25, 0.3) is 27.5 Å². The highest BCUT2D eigenvalue weighted by Crippen LogP contribution is 2.52. The molecule has 0 spiro atoms. The molecule has 2 heterocycles. The van der Waals surface area contributed by atoms with Gasteiger partial charge in [-0.2, -0.15) is 0 Å². The molecule has 1 aliphatic heterocycles. The second-order valence-electron chi connectivity index (χ2n) is 9.29. The summed E-state index contributed by atoms with van der Waals surface area (Å²) >= 11 is 0. The molecule has 0 fully saturated rings. The molecule has 31 heavy (non-hydrogen) atoms. The zero-order valence-corrected chi connectivity index (χ0v) is 18.2. The van der Waals surface area contributed by atoms with E-state index in [2.05, 4.69) is 122 Å². The lowest BCUT2D eigenvalue weighted by Gasteiger charge is -2.29. The monoisotopic (exact) mass is 402 g/mol. The molecule has 1 aliphatic rings. The lowest BCUT2D eigenvalue weighted by atomic mass is 9.77. The highest BCUT2D eigenvalue weighted by molar-refractivity contribution is 6.12. The molecule has 4 aromatic carbocycles. The third-order valence-electron chi connectivity index (χ3n) is 6.90. The largest absolute Gasteiger partial charge is 0.377 e. The van der Waals surface area contributed by atoms with E-state index < -0.39 is 0 Å². The summed E-state index contributed by atoms with van der Waals surface area (Å²) in [6, 6.07) is 33.2. The number of aryl methyl sites for hydroxylation is 1. The zero-order valence-electron chi connectivity index (χ0n) is 18.2. The van der Waals surface area contributed by atoms with E-state index >= 15 is 0 Å². The highest BCUT2D eigenvalue weighted by Gasteiger charge is 2.42. The molecule has 0 saturated carbocycles. The van der Waals surface area contributed by atoms with Crippen molar-refractivity contribution in [1.82, 2.24) is 4.57 Å². The van der Waals surface area contributed by atoms with Crippen molar-refractivity contribution in [3.8, 4) is 5.69 Å². The van der Waals surface area contributed by atoms with Crippen molar-refractivity contribution in [2.45, 2.75) is 32.2 Å². The first-order valence-electron chi connectivity index (χ1n) is 11.0. The van der Waals surface area contributed by atoms with Gasteiger partial charge in [0, 0.05) is 33.1 Å². The first-order chi connectivity index (χ1) is 15.1. The number of hydrogen-bond donors (Lipinski definition) is 1. The van der Waals surface area contributed by atoms with Gasteiger partial charge < -0.3 is 9.88 Å². The minimum atomic E-state index is -0.0633. The Bertz CT molecular complexity index is 1440. The number of anilines is 1. The average molecular weight is 403 g/mol. The molecule has 1 atom stereocenters. The van der Waals surface area contributed by atoms with Crippen LogP contribution in [0.15, 0.2) is 91.0 Å². The summed E-state index contributed by atoms with van der Waals surface area (Å²) in [7, 11) is 0. The summed E-state index contributed by atoms with van der Waals surface area (Å²) in [5.74, 6) is 0. The molecular formula is C29H26N2. The van der Waals surface area contributed by atoms with Crippen LogP contribution in [0, 0.1) is 6.92 Å². The van der Waals surface area contributed by atoms with Crippen molar-refractivity contribution < 1.29 is 0 Å². The Kier molecular flexibility index (Phi) is 3.82. The Morgan fingerprint density at radius 3 is 2.35 bits per heavy atom. The van der Waals surface area contributed by atoms with Crippen LogP contribution < -0.4 is 5.32 Å². The van der Waals surface area contributed by atoms with Crippen molar-refractivity contribution >= 4 is 27.5 Å². The predicted octanol–water partition coefficient (Wildman–Crippen LogP) is 7.54. The van der Waals surface area contributed by atoms with E-state index in [1.165, 1.54) is 49.9 Å². The number of nitrogens with zero attached hydrogens (tertiary/aromatic N) is 1. The van der Waals surface area contributed by atoms with E-state index in [9.17, 15) is 0 Å². The van der Waals surface area contributed by atoms with Gasteiger partial charge in [-0.15, -0.1) is 0 Å². The molecule has 2 heteroatoms. The van der Waals surface area contributed by atoms with Gasteiger partial charge in [0.05, 0.1) is 17.1 Å². The highest BCUT2D eigenvalue weighted by atomic mass is 15.0. The summed E-state index contributed by atoms with van der Waals surface area (Å²) in [5, 5.41) is 6.48. The second kappa shape index (κ2) is 6.49. The van der Waals surface area contributed by atoms with Gasteiger partial charge >= 0.3 is 0 Å². The number of rotatable bonds is 2. The van der Waals surface area contributed by atoms with Crippen LogP contribution in [-0.4, -0.2) is 4.57 Å². The predicted molar refractivity (Wildman–Crippen MR) is 131 cm³/mol. The maximum Gasteiger partial charge on any atom is 0.0606 e. The summed E-state index contributed by atoms with van der Waals surface area (Å²) in [6.45, 7) is 6.92. The van der Waals surface area contributed by atoms with Crippen molar-refractivity contribution in [3.05, 3.63) is 108 Å². The van der Waals surface area contributed by atoms with E-state index in [-0.39, 0.29) is 11.5 Å². The Hall–Kier alpha value is -3.52. The minimum Gasteiger partial charge on any atom is -0.377 e. The molecule has 1 unspecified atom stereocenters. The molecule has 0 bridgehead atoms. The van der Waals surface area contributed by atoms with Gasteiger partial charge in [0.1, 0.15) is 0 Å². The number of aromatic nitrogens is 1. The number of fused-ring (bicyclic) bond motifs is 5. The molecule has 2 nitrogen and oxygen atoms in total. The van der Waals surface area contributed by atoms with E-state index in [1.54, 1.807) is 0 Å². The Balaban J connectivity index is 1.72. The molecule has 152 valence electrons. The van der Waals surface area contributed by atoms with Crippen molar-refractivity contribution in [3.63, 3.8) is 0 Å². The smallest absolute Gasteiger partial charge is 0.0606 e. The van der Waals surface area contributed by atoms with Crippen molar-refractivity contribution in [2.75, 3.05) is 5.32 Å². The first kappa shape index (κ1) is 18.3. The maximum atomic E-state index is 3.85. The van der Waals surface area contributed by atoms with Crippen LogP contribution >= 0.6 is 0 Å². The van der Waals surface area contributed by atoms with Crippen LogP contribution in [0.5, 0.6) is 0 Å². The minimum absolute atomic E-state index is 0.0633. The summed E-state index contributed by atoms with van der Waals surface area (Å²) in [4.78, 5) is 0. The summed E-state index contributed by atoms with van der Waals surface area (Å²) in [6.07, 6.45) is 0. The number of para-hydroxylation sites is 1. The van der Waals surface area contributed by atoms with Crippen LogP contribution in [0.4, 0.5) is 5.69 Å². The van der Waals surface area contributed by atoms with Gasteiger partial charge in [0.25, 0.3) is 0 Å². The van der Waals surface area contributed by atoms with E-state index in [0.29, 0.717) is 0 Å². The fraction of sp³-hybridized carbons (Fsp3) is 0.172. The van der Waals surface area contributed by atoms with E-state index in [4.69, 9.17) is 0 Å². The summed E-state index contributed by atoms with van der Waals surface area (Å²) in [5.41, 5.74) is 8.98. The van der Waals surface area contributed by atoms with Gasteiger partial charge in [0.15, 0.2) is 0 Å². The molecule has 1 aromatic heterocycles. The Labute approximate surface area is 183 Å². The van der Waals surface area contributed by atoms with Gasteiger partial charge in [-0.05, 0) is 42.3 Å². The lowest BCUT2D eigenvalue weighted by molar-refractivity contribution is 0.476. The van der Waals surface area contributed by atoms with Gasteiger partial charge in [-0.25, -0.2) is 0 Å². The molecule has 0 aliphatic carbocycles. The van der Waals surface area contributed by atoms with Gasteiger partial charge in [-0.1, -0.05) is 80.6 Å². The van der Waals surface area contributed by atoms with Crippen LogP contribution in [-0.2, 0) is 5.41 Å². The molecule has 5 aromatic rings. The molecule has 6 rings (SSSR count). The Morgan fingerprint density at radius 1 is 0.774 bits per heavy atom. The standard InChI is InChI=1S/C29H26N2/c1-19-10-9-13-21(18-19)31-25-15-8-7-14-22(25)23-16-17-24-26(27(23)31)29(2,3)28(30-24)20-11-5-4-6-12-20/h4-18,28,30H,1-3H3. The average Bonchev–Trinajstić information content (AvgIpc) is 3.25. The second-order valence-corrected chi connectivity index (χ2v) is 9.29. The third-order valence-corrected chi connectivity index (χ3v) is 6.90. The van der Waals surface area contributed by atoms with Gasteiger partial charge in [0.2, 0.25) is 0 Å². The maximum absolute atomic E-state index is 3.85. The van der Waals surface area contributed by atoms with Gasteiger partial charge in [-0.3, -0.25) is 0 Å². The molecule has 0 saturated heterocycles. The van der Waals surface area contributed by atoms with Crippen LogP contribution in [0.2, 0.25) is 0 Å². The number of benzene rings is 4. The first-order valence-corrected chi connectivity index (χ1v) is 11.0. The van der Waals surface area contributed by atoms with Crippen molar-refractivity contribution in [1.29, 1.82) is 0 Å². The number of hydrogen-bond acceptors (Lipinski definition) is 1. The van der Waals surface area contributed by atoms with Crippen molar-refractivity contribution in [2.24, 2.45) is 0 Å². The lowest BCUT2D eigenvalue weighted by Crippen LogP contribution is -2.25. The van der Waals surface area contributed by atoms with Crippen LogP contribution in [0.1, 0.15) is 36.6 Å². The van der Waals surface area contributed by atoms with E-state index in [0.717, 1.165) is 0 Å². The molecule has 0 radical (unpaired) electrons. The SMILES string of the molecule is Cc1cccc(-n2c3ccccc3c3ccc4c(c32)C(C)(C)C(c2ccccc2)N4)c1. The molecule has 1 N–H and O–H groups in total. The fourth-order valence-corrected chi connectivity index (χ4v) is 5.49. The quantitative estimate of drug-likeness (QED) is 0.323. The third kappa shape index (κ3) is 2.58. The molecule has 0 amide bonds. The Morgan fingerprint density at radius 2 is 1.55 bits per heavy atom. The topological polar surface area (TPSA) is 17.0 Å². The summed E-state index contributed by atoms with van der Waals surface area (Å²) < 4.78 is 2.47.